The first kappa shape index (κ1) is 10.8. The summed E-state index contributed by atoms with van der Waals surface area (Å²) in [6, 6.07) is 3.05. The van der Waals surface area contributed by atoms with Gasteiger partial charge in [0.05, 0.1) is 10.5 Å². The molecule has 2 rings (SSSR count). The quantitative estimate of drug-likeness (QED) is 0.804. The zero-order valence-electron chi connectivity index (χ0n) is 8.78. The average Bonchev–Trinajstić information content (AvgIpc) is 2.41. The minimum atomic E-state index is -0.994. The van der Waals surface area contributed by atoms with Gasteiger partial charge in [-0.15, -0.1) is 0 Å². The number of aromatic hydroxyl groups is 1. The van der Waals surface area contributed by atoms with Gasteiger partial charge >= 0.3 is 5.97 Å². The topological polar surface area (TPSA) is 62.5 Å². The summed E-state index contributed by atoms with van der Waals surface area (Å²) in [5.41, 5.74) is 1.50. The molecular weight excluding hydrogens is 230 g/mol. The number of halogens is 1. The molecule has 1 heterocycles. The molecule has 0 atom stereocenters. The number of benzene rings is 1. The third-order valence-corrected chi connectivity index (χ3v) is 3.03. The van der Waals surface area contributed by atoms with E-state index in [1.165, 1.54) is 10.6 Å². The van der Waals surface area contributed by atoms with Crippen LogP contribution in [0.2, 0.25) is 5.02 Å². The number of aromatic carboxylic acids is 1. The second kappa shape index (κ2) is 3.42. The van der Waals surface area contributed by atoms with Gasteiger partial charge in [0, 0.05) is 18.5 Å². The van der Waals surface area contributed by atoms with E-state index in [2.05, 4.69) is 0 Å². The van der Waals surface area contributed by atoms with E-state index in [9.17, 15) is 9.90 Å². The number of fused-ring (bicyclic) bond motifs is 1. The average molecular weight is 240 g/mol. The van der Waals surface area contributed by atoms with Gasteiger partial charge in [-0.25, -0.2) is 4.79 Å². The van der Waals surface area contributed by atoms with Crippen molar-refractivity contribution in [3.05, 3.63) is 28.4 Å². The lowest BCUT2D eigenvalue weighted by atomic mass is 10.1. The van der Waals surface area contributed by atoms with Crippen molar-refractivity contribution in [3.8, 4) is 5.75 Å². The van der Waals surface area contributed by atoms with E-state index in [1.807, 2.05) is 0 Å². The second-order valence-corrected chi connectivity index (χ2v) is 4.07. The maximum absolute atomic E-state index is 11.1. The summed E-state index contributed by atoms with van der Waals surface area (Å²) in [4.78, 5) is 11.1. The Morgan fingerprint density at radius 2 is 2.06 bits per heavy atom. The fourth-order valence-corrected chi connectivity index (χ4v) is 2.10. The smallest absolute Gasteiger partial charge is 0.352 e. The summed E-state index contributed by atoms with van der Waals surface area (Å²) in [5.74, 6) is -1.04. The molecule has 0 radical (unpaired) electrons. The number of carbonyl (C=O) groups is 1. The summed E-state index contributed by atoms with van der Waals surface area (Å²) in [5, 5.41) is 19.5. The van der Waals surface area contributed by atoms with Gasteiger partial charge < -0.3 is 14.8 Å². The van der Waals surface area contributed by atoms with Gasteiger partial charge in [0.2, 0.25) is 0 Å². The van der Waals surface area contributed by atoms with Crippen molar-refractivity contribution in [1.29, 1.82) is 0 Å². The zero-order chi connectivity index (χ0) is 12.0. The van der Waals surface area contributed by atoms with Crippen LogP contribution in [0.5, 0.6) is 5.75 Å². The zero-order valence-corrected chi connectivity index (χ0v) is 9.54. The fourth-order valence-electron chi connectivity index (χ4n) is 1.93. The van der Waals surface area contributed by atoms with Gasteiger partial charge in [0.15, 0.2) is 0 Å². The van der Waals surface area contributed by atoms with Crippen LogP contribution in [0.1, 0.15) is 16.1 Å². The Bertz CT molecular complexity index is 556. The number of aromatic nitrogens is 1. The number of hydrogen-bond acceptors (Lipinski definition) is 2. The number of phenolic OH excluding ortho intramolecular Hbond substituents is 1. The molecule has 16 heavy (non-hydrogen) atoms. The molecule has 0 spiro atoms. The van der Waals surface area contributed by atoms with Crippen molar-refractivity contribution in [1.82, 2.24) is 4.57 Å². The van der Waals surface area contributed by atoms with Gasteiger partial charge in [-0.2, -0.15) is 0 Å². The molecule has 0 amide bonds. The predicted octanol–water partition coefficient (Wildman–Crippen LogP) is 2.54. The van der Waals surface area contributed by atoms with Gasteiger partial charge in [-0.3, -0.25) is 0 Å². The Hall–Kier alpha value is -1.68. The maximum Gasteiger partial charge on any atom is 0.352 e. The number of hydrogen-bond donors (Lipinski definition) is 2. The SMILES string of the molecule is Cc1c(C(=O)O)n(C)c2cc(O)c(Cl)cc12. The van der Waals surface area contributed by atoms with E-state index in [0.29, 0.717) is 11.1 Å². The van der Waals surface area contributed by atoms with Gasteiger partial charge in [0.1, 0.15) is 11.4 Å². The Balaban J connectivity index is 2.94. The number of carboxylic acid groups (broad SMARTS) is 1. The molecule has 0 unspecified atom stereocenters. The Kier molecular flexibility index (Phi) is 2.31. The molecule has 0 bridgehead atoms. The highest BCUT2D eigenvalue weighted by atomic mass is 35.5. The third-order valence-electron chi connectivity index (χ3n) is 2.72. The van der Waals surface area contributed by atoms with Gasteiger partial charge in [-0.05, 0) is 18.6 Å². The molecule has 4 nitrogen and oxygen atoms in total. The van der Waals surface area contributed by atoms with E-state index in [0.717, 1.165) is 5.39 Å². The summed E-state index contributed by atoms with van der Waals surface area (Å²) >= 11 is 5.79. The largest absolute Gasteiger partial charge is 0.506 e. The molecule has 2 N–H and O–H groups in total. The molecule has 84 valence electrons. The van der Waals surface area contributed by atoms with E-state index >= 15 is 0 Å². The number of carboxylic acids is 1. The highest BCUT2D eigenvalue weighted by Gasteiger charge is 2.18. The van der Waals surface area contributed by atoms with Crippen LogP contribution >= 0.6 is 11.6 Å². The van der Waals surface area contributed by atoms with Crippen molar-refractivity contribution in [3.63, 3.8) is 0 Å². The van der Waals surface area contributed by atoms with Crippen molar-refractivity contribution in [2.45, 2.75) is 6.92 Å². The molecule has 5 heteroatoms. The van der Waals surface area contributed by atoms with E-state index < -0.39 is 5.97 Å². The van der Waals surface area contributed by atoms with Crippen LogP contribution in [0.4, 0.5) is 0 Å². The Morgan fingerprint density at radius 3 is 2.62 bits per heavy atom. The van der Waals surface area contributed by atoms with Crippen LogP contribution in [0.15, 0.2) is 12.1 Å². The van der Waals surface area contributed by atoms with Crippen LogP contribution in [0.25, 0.3) is 10.9 Å². The molecule has 1 aromatic carbocycles. The normalized spacial score (nSPS) is 10.9. The number of aryl methyl sites for hydroxylation is 2. The summed E-state index contributed by atoms with van der Waals surface area (Å²) < 4.78 is 1.53. The van der Waals surface area contributed by atoms with E-state index in [4.69, 9.17) is 16.7 Å². The first-order chi connectivity index (χ1) is 7.43. The molecule has 0 fully saturated rings. The minimum Gasteiger partial charge on any atom is -0.506 e. The van der Waals surface area contributed by atoms with Crippen molar-refractivity contribution < 1.29 is 15.0 Å². The standard InChI is InChI=1S/C11H10ClNO3/c1-5-6-3-7(12)9(14)4-8(6)13(2)10(5)11(15)16/h3-4,14H,1-2H3,(H,15,16). The van der Waals surface area contributed by atoms with Crippen LogP contribution in [-0.2, 0) is 7.05 Å². The van der Waals surface area contributed by atoms with Crippen LogP contribution in [0, 0.1) is 6.92 Å². The second-order valence-electron chi connectivity index (χ2n) is 3.66. The Morgan fingerprint density at radius 1 is 1.44 bits per heavy atom. The summed E-state index contributed by atoms with van der Waals surface area (Å²) in [7, 11) is 1.64. The van der Waals surface area contributed by atoms with Gasteiger partial charge in [0.25, 0.3) is 0 Å². The van der Waals surface area contributed by atoms with E-state index in [-0.39, 0.29) is 16.5 Å². The number of nitrogens with zero attached hydrogens (tertiary/aromatic N) is 1. The minimum absolute atomic E-state index is 0.0493. The maximum atomic E-state index is 11.1. The van der Waals surface area contributed by atoms with Crippen molar-refractivity contribution in [2.24, 2.45) is 7.05 Å². The first-order valence-electron chi connectivity index (χ1n) is 4.64. The van der Waals surface area contributed by atoms with E-state index in [1.54, 1.807) is 20.0 Å². The lowest BCUT2D eigenvalue weighted by Gasteiger charge is -2.00. The van der Waals surface area contributed by atoms with Crippen LogP contribution in [-0.4, -0.2) is 20.7 Å². The molecule has 0 aliphatic carbocycles. The lowest BCUT2D eigenvalue weighted by Crippen LogP contribution is -2.05. The van der Waals surface area contributed by atoms with Crippen molar-refractivity contribution >= 4 is 28.5 Å². The molecule has 2 aromatic rings. The van der Waals surface area contributed by atoms with Crippen LogP contribution < -0.4 is 0 Å². The predicted molar refractivity (Wildman–Crippen MR) is 61.3 cm³/mol. The summed E-state index contributed by atoms with van der Waals surface area (Å²) in [6.45, 7) is 1.72. The molecule has 0 aliphatic rings. The van der Waals surface area contributed by atoms with Crippen molar-refractivity contribution in [2.75, 3.05) is 0 Å². The third kappa shape index (κ3) is 1.34. The molecule has 0 saturated carbocycles. The monoisotopic (exact) mass is 239 g/mol. The molecule has 0 aliphatic heterocycles. The molecule has 0 saturated heterocycles. The lowest BCUT2D eigenvalue weighted by molar-refractivity contribution is 0.0686. The fraction of sp³-hybridized carbons (Fsp3) is 0.182. The highest BCUT2D eigenvalue weighted by molar-refractivity contribution is 6.32. The van der Waals surface area contributed by atoms with Crippen LogP contribution in [0.3, 0.4) is 0 Å². The number of phenols is 1. The highest BCUT2D eigenvalue weighted by Crippen LogP contribution is 2.33. The first-order valence-corrected chi connectivity index (χ1v) is 5.02. The number of rotatable bonds is 1. The molecule has 1 aromatic heterocycles. The summed E-state index contributed by atoms with van der Waals surface area (Å²) in [6.07, 6.45) is 0. The molecular formula is C11H10ClNO3. The Labute approximate surface area is 96.7 Å². The van der Waals surface area contributed by atoms with Gasteiger partial charge in [-0.1, -0.05) is 11.6 Å².